The van der Waals surface area contributed by atoms with Gasteiger partial charge in [-0.2, -0.15) is 4.98 Å². The maximum atomic E-state index is 11.8. The molecule has 1 fully saturated rings. The van der Waals surface area contributed by atoms with E-state index in [0.717, 1.165) is 32.6 Å². The molecule has 1 aliphatic heterocycles. The lowest BCUT2D eigenvalue weighted by Crippen LogP contribution is -2.24. The summed E-state index contributed by atoms with van der Waals surface area (Å²) in [5, 5.41) is 3.28. The van der Waals surface area contributed by atoms with E-state index in [4.69, 9.17) is 21.1 Å². The molecule has 7 heteroatoms. The molecular weight excluding hydrogens is 282 g/mol. The summed E-state index contributed by atoms with van der Waals surface area (Å²) in [4.78, 5) is 19.7. The molecule has 0 atom stereocenters. The SMILES string of the molecule is CCOC(=O)c1cnc(Cl)nc1NCC1CCOCC1. The van der Waals surface area contributed by atoms with Gasteiger partial charge in [0.15, 0.2) is 0 Å². The fourth-order valence-electron chi connectivity index (χ4n) is 2.04. The number of anilines is 1. The van der Waals surface area contributed by atoms with Gasteiger partial charge in [-0.05, 0) is 37.3 Å². The number of halogens is 1. The predicted octanol–water partition coefficient (Wildman–Crippen LogP) is 2.15. The number of esters is 1. The molecule has 1 saturated heterocycles. The maximum Gasteiger partial charge on any atom is 0.343 e. The lowest BCUT2D eigenvalue weighted by atomic mass is 10.0. The average Bonchev–Trinajstić information content (AvgIpc) is 2.46. The molecule has 0 amide bonds. The molecule has 1 aliphatic rings. The second-order valence-corrected chi connectivity index (χ2v) is 4.90. The first-order valence-corrected chi connectivity index (χ1v) is 7.09. The first-order chi connectivity index (χ1) is 9.70. The van der Waals surface area contributed by atoms with Crippen molar-refractivity contribution in [3.05, 3.63) is 17.0 Å². The summed E-state index contributed by atoms with van der Waals surface area (Å²) in [6.07, 6.45) is 3.39. The summed E-state index contributed by atoms with van der Waals surface area (Å²) in [5.41, 5.74) is 0.309. The number of hydrogen-bond acceptors (Lipinski definition) is 6. The number of hydrogen-bond donors (Lipinski definition) is 1. The fraction of sp³-hybridized carbons (Fsp3) is 0.615. The Hall–Kier alpha value is -1.40. The fourth-order valence-corrected chi connectivity index (χ4v) is 2.18. The lowest BCUT2D eigenvalue weighted by molar-refractivity contribution is 0.0526. The van der Waals surface area contributed by atoms with Crippen molar-refractivity contribution >= 4 is 23.4 Å². The minimum atomic E-state index is -0.446. The van der Waals surface area contributed by atoms with Crippen molar-refractivity contribution in [1.29, 1.82) is 0 Å². The van der Waals surface area contributed by atoms with Crippen LogP contribution in [0.2, 0.25) is 5.28 Å². The Kier molecular flexibility index (Phi) is 5.55. The number of carbonyl (C=O) groups is 1. The van der Waals surface area contributed by atoms with Crippen LogP contribution >= 0.6 is 11.6 Å². The summed E-state index contributed by atoms with van der Waals surface area (Å²) in [5.74, 6) is 0.487. The van der Waals surface area contributed by atoms with Gasteiger partial charge in [0.2, 0.25) is 5.28 Å². The molecule has 1 aromatic heterocycles. The van der Waals surface area contributed by atoms with Crippen LogP contribution in [0, 0.1) is 5.92 Å². The van der Waals surface area contributed by atoms with Crippen molar-refractivity contribution in [2.75, 3.05) is 31.7 Å². The number of ether oxygens (including phenoxy) is 2. The Balaban J connectivity index is 2.04. The predicted molar refractivity (Wildman–Crippen MR) is 75.0 cm³/mol. The van der Waals surface area contributed by atoms with Gasteiger partial charge < -0.3 is 14.8 Å². The molecule has 20 heavy (non-hydrogen) atoms. The van der Waals surface area contributed by atoms with E-state index in [-0.39, 0.29) is 5.28 Å². The third-order valence-electron chi connectivity index (χ3n) is 3.15. The minimum absolute atomic E-state index is 0.104. The Morgan fingerprint density at radius 1 is 1.55 bits per heavy atom. The number of aromatic nitrogens is 2. The van der Waals surface area contributed by atoms with Gasteiger partial charge in [-0.3, -0.25) is 0 Å². The Morgan fingerprint density at radius 3 is 3.00 bits per heavy atom. The van der Waals surface area contributed by atoms with E-state index < -0.39 is 5.97 Å². The summed E-state index contributed by atoms with van der Waals surface area (Å²) < 4.78 is 10.3. The molecule has 0 spiro atoms. The van der Waals surface area contributed by atoms with Crippen molar-refractivity contribution in [1.82, 2.24) is 9.97 Å². The maximum absolute atomic E-state index is 11.8. The van der Waals surface area contributed by atoms with Crippen molar-refractivity contribution in [3.63, 3.8) is 0 Å². The van der Waals surface area contributed by atoms with E-state index in [0.29, 0.717) is 23.9 Å². The molecule has 0 unspecified atom stereocenters. The van der Waals surface area contributed by atoms with Crippen LogP contribution in [0.15, 0.2) is 6.20 Å². The molecule has 0 radical (unpaired) electrons. The van der Waals surface area contributed by atoms with Crippen LogP contribution in [0.1, 0.15) is 30.1 Å². The molecule has 6 nitrogen and oxygen atoms in total. The van der Waals surface area contributed by atoms with E-state index in [2.05, 4.69) is 15.3 Å². The average molecular weight is 300 g/mol. The topological polar surface area (TPSA) is 73.3 Å². The zero-order valence-corrected chi connectivity index (χ0v) is 12.2. The lowest BCUT2D eigenvalue weighted by Gasteiger charge is -2.22. The quantitative estimate of drug-likeness (QED) is 0.663. The Labute approximate surface area is 122 Å². The molecule has 2 heterocycles. The van der Waals surface area contributed by atoms with Gasteiger partial charge in [-0.1, -0.05) is 0 Å². The molecule has 0 aliphatic carbocycles. The highest BCUT2D eigenvalue weighted by molar-refractivity contribution is 6.28. The smallest absolute Gasteiger partial charge is 0.343 e. The Morgan fingerprint density at radius 2 is 2.30 bits per heavy atom. The first-order valence-electron chi connectivity index (χ1n) is 6.72. The van der Waals surface area contributed by atoms with Gasteiger partial charge in [-0.15, -0.1) is 0 Å². The van der Waals surface area contributed by atoms with Crippen LogP contribution in [0.25, 0.3) is 0 Å². The summed E-state index contributed by atoms with van der Waals surface area (Å²) in [7, 11) is 0. The van der Waals surface area contributed by atoms with Gasteiger partial charge in [0.05, 0.1) is 6.61 Å². The molecule has 0 saturated carbocycles. The highest BCUT2D eigenvalue weighted by Gasteiger charge is 2.18. The molecule has 0 bridgehead atoms. The molecule has 1 N–H and O–H groups in total. The zero-order chi connectivity index (χ0) is 14.4. The number of nitrogens with one attached hydrogen (secondary N) is 1. The normalized spacial score (nSPS) is 15.9. The zero-order valence-electron chi connectivity index (χ0n) is 11.4. The van der Waals surface area contributed by atoms with Crippen LogP contribution in [0.5, 0.6) is 0 Å². The third-order valence-corrected chi connectivity index (χ3v) is 3.34. The molecular formula is C13H18ClN3O3. The van der Waals surface area contributed by atoms with E-state index in [9.17, 15) is 4.79 Å². The second-order valence-electron chi connectivity index (χ2n) is 4.56. The number of nitrogens with zero attached hydrogens (tertiary/aromatic N) is 2. The van der Waals surface area contributed by atoms with Gasteiger partial charge >= 0.3 is 5.97 Å². The number of rotatable bonds is 5. The highest BCUT2D eigenvalue weighted by Crippen LogP contribution is 2.19. The number of carbonyl (C=O) groups excluding carboxylic acids is 1. The van der Waals surface area contributed by atoms with E-state index in [1.165, 1.54) is 6.20 Å². The van der Waals surface area contributed by atoms with Gasteiger partial charge in [0.25, 0.3) is 0 Å². The minimum Gasteiger partial charge on any atom is -0.462 e. The summed E-state index contributed by atoms with van der Waals surface area (Å²) in [6.45, 7) is 4.34. The molecule has 110 valence electrons. The van der Waals surface area contributed by atoms with Crippen LogP contribution in [0.3, 0.4) is 0 Å². The highest BCUT2D eigenvalue weighted by atomic mass is 35.5. The van der Waals surface area contributed by atoms with Crippen LogP contribution in [-0.4, -0.2) is 42.3 Å². The largest absolute Gasteiger partial charge is 0.462 e. The van der Waals surface area contributed by atoms with Crippen molar-refractivity contribution < 1.29 is 14.3 Å². The van der Waals surface area contributed by atoms with Gasteiger partial charge in [-0.25, -0.2) is 9.78 Å². The van der Waals surface area contributed by atoms with E-state index in [1.807, 2.05) is 0 Å². The van der Waals surface area contributed by atoms with Crippen molar-refractivity contribution in [2.45, 2.75) is 19.8 Å². The van der Waals surface area contributed by atoms with Crippen LogP contribution < -0.4 is 5.32 Å². The first kappa shape index (κ1) is 15.0. The van der Waals surface area contributed by atoms with Crippen LogP contribution in [-0.2, 0) is 9.47 Å². The van der Waals surface area contributed by atoms with Crippen molar-refractivity contribution in [2.24, 2.45) is 5.92 Å². The molecule has 1 aromatic rings. The Bertz CT molecular complexity index is 464. The van der Waals surface area contributed by atoms with Gasteiger partial charge in [0, 0.05) is 26.0 Å². The molecule has 2 rings (SSSR count). The van der Waals surface area contributed by atoms with E-state index in [1.54, 1.807) is 6.92 Å². The third kappa shape index (κ3) is 4.05. The van der Waals surface area contributed by atoms with Crippen LogP contribution in [0.4, 0.5) is 5.82 Å². The summed E-state index contributed by atoms with van der Waals surface area (Å²) >= 11 is 5.79. The monoisotopic (exact) mass is 299 g/mol. The summed E-state index contributed by atoms with van der Waals surface area (Å²) in [6, 6.07) is 0. The van der Waals surface area contributed by atoms with E-state index >= 15 is 0 Å². The molecule has 0 aromatic carbocycles. The van der Waals surface area contributed by atoms with Gasteiger partial charge in [0.1, 0.15) is 11.4 Å². The van der Waals surface area contributed by atoms with Crippen molar-refractivity contribution in [3.8, 4) is 0 Å². The standard InChI is InChI=1S/C13H18ClN3O3/c1-2-20-12(18)10-8-16-13(14)17-11(10)15-7-9-3-5-19-6-4-9/h8-9H,2-7H2,1H3,(H,15,16,17). The second kappa shape index (κ2) is 7.40.